The third-order valence-electron chi connectivity index (χ3n) is 5.22. The second-order valence-corrected chi connectivity index (χ2v) is 10.1. The van der Waals surface area contributed by atoms with Gasteiger partial charge in [0.15, 0.2) is 10.8 Å². The van der Waals surface area contributed by atoms with Gasteiger partial charge < -0.3 is 9.84 Å². The molecule has 0 aliphatic rings. The highest BCUT2D eigenvalue weighted by Gasteiger charge is 2.22. The topological polar surface area (TPSA) is 90.1 Å². The van der Waals surface area contributed by atoms with Crippen molar-refractivity contribution >= 4 is 22.9 Å². The van der Waals surface area contributed by atoms with Gasteiger partial charge in [0, 0.05) is 22.2 Å². The highest BCUT2D eigenvalue weighted by atomic mass is 35.5. The maximum Gasteiger partial charge on any atom is 0.280 e. The van der Waals surface area contributed by atoms with E-state index in [1.807, 2.05) is 43.5 Å². The molecule has 0 amide bonds. The Morgan fingerprint density at radius 1 is 1.18 bits per heavy atom. The normalized spacial score (nSPS) is 11.6. The number of benzene rings is 1. The number of nitrogens with zero attached hydrogens (tertiary/aromatic N) is 4. The molecule has 9 heteroatoms. The molecular weight excluding hydrogens is 472 g/mol. The third-order valence-corrected chi connectivity index (χ3v) is 6.46. The molecule has 0 bridgehead atoms. The number of halogens is 1. The summed E-state index contributed by atoms with van der Waals surface area (Å²) in [6.45, 7) is 9.20. The van der Waals surface area contributed by atoms with E-state index in [0.717, 1.165) is 16.7 Å². The Kier molecular flexibility index (Phi) is 6.58. The van der Waals surface area contributed by atoms with Crippen molar-refractivity contribution < 1.29 is 9.84 Å². The van der Waals surface area contributed by atoms with Gasteiger partial charge in [0.05, 0.1) is 11.4 Å². The van der Waals surface area contributed by atoms with Gasteiger partial charge >= 0.3 is 0 Å². The molecule has 176 valence electrons. The van der Waals surface area contributed by atoms with E-state index < -0.39 is 11.2 Å². The Balaban J connectivity index is 1.72. The van der Waals surface area contributed by atoms with Gasteiger partial charge in [-0.05, 0) is 63.8 Å². The van der Waals surface area contributed by atoms with Crippen LogP contribution in [0.15, 0.2) is 46.7 Å². The van der Waals surface area contributed by atoms with Gasteiger partial charge in [-0.1, -0.05) is 23.7 Å². The maximum absolute atomic E-state index is 13.2. The number of hydrogen-bond donors (Lipinski definition) is 1. The second-order valence-electron chi connectivity index (χ2n) is 8.61. The fourth-order valence-corrected chi connectivity index (χ4v) is 4.40. The van der Waals surface area contributed by atoms with Crippen LogP contribution in [-0.2, 0) is 12.2 Å². The van der Waals surface area contributed by atoms with Gasteiger partial charge in [0.1, 0.15) is 18.0 Å². The molecule has 4 rings (SSSR count). The minimum atomic E-state index is -1.18. The number of hydrogen-bond acceptors (Lipinski definition) is 7. The molecule has 0 spiro atoms. The van der Waals surface area contributed by atoms with Crippen molar-refractivity contribution in [3.05, 3.63) is 84.9 Å². The first-order valence-corrected chi connectivity index (χ1v) is 11.9. The van der Waals surface area contributed by atoms with Crippen molar-refractivity contribution in [3.63, 3.8) is 0 Å². The monoisotopic (exact) mass is 496 g/mol. The zero-order chi connectivity index (χ0) is 24.6. The van der Waals surface area contributed by atoms with Crippen molar-refractivity contribution in [3.8, 4) is 22.8 Å². The Morgan fingerprint density at radius 3 is 2.62 bits per heavy atom. The zero-order valence-corrected chi connectivity index (χ0v) is 21.2. The summed E-state index contributed by atoms with van der Waals surface area (Å²) < 4.78 is 7.20. The van der Waals surface area contributed by atoms with Gasteiger partial charge in [0.25, 0.3) is 5.56 Å². The van der Waals surface area contributed by atoms with E-state index in [2.05, 4.69) is 15.0 Å². The van der Waals surface area contributed by atoms with Gasteiger partial charge in [-0.15, -0.1) is 11.3 Å². The van der Waals surface area contributed by atoms with Gasteiger partial charge in [0.2, 0.25) is 5.88 Å². The van der Waals surface area contributed by atoms with Crippen LogP contribution in [0.1, 0.15) is 41.5 Å². The smallest absolute Gasteiger partial charge is 0.280 e. The summed E-state index contributed by atoms with van der Waals surface area (Å²) in [5, 5.41) is 12.2. The number of rotatable bonds is 6. The van der Waals surface area contributed by atoms with Crippen LogP contribution < -0.4 is 10.3 Å². The molecule has 3 heterocycles. The lowest BCUT2D eigenvalue weighted by Crippen LogP contribution is -2.23. The fourth-order valence-electron chi connectivity index (χ4n) is 3.53. The van der Waals surface area contributed by atoms with Crippen LogP contribution in [-0.4, -0.2) is 24.6 Å². The van der Waals surface area contributed by atoms with Gasteiger partial charge in [-0.3, -0.25) is 9.36 Å². The Bertz CT molecular complexity index is 1420. The van der Waals surface area contributed by atoms with Gasteiger partial charge in [-0.25, -0.2) is 9.97 Å². The molecule has 0 saturated carbocycles. The molecule has 0 saturated heterocycles. The van der Waals surface area contributed by atoms with Crippen LogP contribution in [0.2, 0.25) is 5.02 Å². The van der Waals surface area contributed by atoms with Crippen LogP contribution in [0, 0.1) is 20.8 Å². The quantitative estimate of drug-likeness (QED) is 0.397. The first kappa shape index (κ1) is 24.1. The first-order chi connectivity index (χ1) is 16.0. The molecule has 4 aromatic rings. The SMILES string of the molecule is Cc1cc(COc2nc(C)n(-c3cccc(-c4nc(C(C)(C)O)ncc4C)c3)c(=O)c2Cl)cs1. The molecule has 0 unspecified atom stereocenters. The number of ether oxygens (including phenoxy) is 1. The van der Waals surface area contributed by atoms with Crippen LogP contribution in [0.4, 0.5) is 0 Å². The van der Waals surface area contributed by atoms with Crippen molar-refractivity contribution in [2.24, 2.45) is 0 Å². The molecule has 7 nitrogen and oxygen atoms in total. The number of aromatic nitrogens is 4. The van der Waals surface area contributed by atoms with Crippen LogP contribution in [0.5, 0.6) is 5.88 Å². The lowest BCUT2D eigenvalue weighted by atomic mass is 10.0. The second kappa shape index (κ2) is 9.29. The predicted molar refractivity (Wildman–Crippen MR) is 134 cm³/mol. The van der Waals surface area contributed by atoms with E-state index in [-0.39, 0.29) is 17.5 Å². The highest BCUT2D eigenvalue weighted by molar-refractivity contribution is 7.10. The molecule has 34 heavy (non-hydrogen) atoms. The summed E-state index contributed by atoms with van der Waals surface area (Å²) in [5.74, 6) is 0.875. The van der Waals surface area contributed by atoms with Crippen LogP contribution in [0.3, 0.4) is 0 Å². The summed E-state index contributed by atoms with van der Waals surface area (Å²) in [4.78, 5) is 27.6. The number of aliphatic hydroxyl groups is 1. The maximum atomic E-state index is 13.2. The largest absolute Gasteiger partial charge is 0.472 e. The first-order valence-electron chi connectivity index (χ1n) is 10.7. The Labute approximate surface area is 206 Å². The number of thiophene rings is 1. The lowest BCUT2D eigenvalue weighted by molar-refractivity contribution is 0.0688. The summed E-state index contributed by atoms with van der Waals surface area (Å²) in [7, 11) is 0. The minimum Gasteiger partial charge on any atom is -0.472 e. The van der Waals surface area contributed by atoms with Gasteiger partial charge in [-0.2, -0.15) is 4.98 Å². The molecule has 0 radical (unpaired) electrons. The highest BCUT2D eigenvalue weighted by Crippen LogP contribution is 2.27. The van der Waals surface area contributed by atoms with Crippen molar-refractivity contribution in [2.45, 2.75) is 46.8 Å². The summed E-state index contributed by atoms with van der Waals surface area (Å²) >= 11 is 8.01. The van der Waals surface area contributed by atoms with Crippen molar-refractivity contribution in [1.29, 1.82) is 0 Å². The summed E-state index contributed by atoms with van der Waals surface area (Å²) in [5.41, 5.74) is 2.29. The molecule has 1 aromatic carbocycles. The predicted octanol–water partition coefficient (Wildman–Crippen LogP) is 5.14. The van der Waals surface area contributed by atoms with E-state index in [1.165, 1.54) is 9.44 Å². The number of aryl methyl sites for hydroxylation is 3. The standard InChI is InChI=1S/C25H25ClN4O3S/c1-14-11-27-24(25(4,5)32)29-21(14)18-7-6-8-19(10-18)30-16(3)28-22(20(26)23(30)31)33-12-17-9-15(2)34-13-17/h6-11,13,32H,12H2,1-5H3. The van der Waals surface area contributed by atoms with Crippen LogP contribution >= 0.6 is 22.9 Å². The Hall–Kier alpha value is -3.07. The van der Waals surface area contributed by atoms with E-state index in [0.29, 0.717) is 23.0 Å². The fraction of sp³-hybridized carbons (Fsp3) is 0.280. The zero-order valence-electron chi connectivity index (χ0n) is 19.6. The molecule has 1 N–H and O–H groups in total. The molecule has 0 fully saturated rings. The average Bonchev–Trinajstić information content (AvgIpc) is 3.20. The molecule has 3 aromatic heterocycles. The van der Waals surface area contributed by atoms with E-state index >= 15 is 0 Å². The lowest BCUT2D eigenvalue weighted by Gasteiger charge is -2.18. The van der Waals surface area contributed by atoms with Crippen molar-refractivity contribution in [1.82, 2.24) is 19.5 Å². The summed E-state index contributed by atoms with van der Waals surface area (Å²) in [6.07, 6.45) is 1.68. The van der Waals surface area contributed by atoms with E-state index in [1.54, 1.807) is 44.4 Å². The van der Waals surface area contributed by atoms with E-state index in [9.17, 15) is 9.90 Å². The average molecular weight is 497 g/mol. The molecule has 0 aliphatic carbocycles. The Morgan fingerprint density at radius 2 is 1.94 bits per heavy atom. The minimum absolute atomic E-state index is 0.0783. The van der Waals surface area contributed by atoms with Crippen molar-refractivity contribution in [2.75, 3.05) is 0 Å². The van der Waals surface area contributed by atoms with E-state index in [4.69, 9.17) is 16.3 Å². The summed E-state index contributed by atoms with van der Waals surface area (Å²) in [6, 6.07) is 9.39. The molecule has 0 aliphatic heterocycles. The van der Waals surface area contributed by atoms with Crippen LogP contribution in [0.25, 0.3) is 16.9 Å². The molecular formula is C25H25ClN4O3S. The molecule has 0 atom stereocenters. The third kappa shape index (κ3) is 4.89.